The Bertz CT molecular complexity index is 311. The molecule has 17 heavy (non-hydrogen) atoms. The van der Waals surface area contributed by atoms with Gasteiger partial charge in [-0.05, 0) is 44.0 Å². The third-order valence-corrected chi connectivity index (χ3v) is 3.02. The molecule has 0 radical (unpaired) electrons. The van der Waals surface area contributed by atoms with Crippen LogP contribution in [0, 0.1) is 0 Å². The zero-order chi connectivity index (χ0) is 12.7. The van der Waals surface area contributed by atoms with Crippen LogP contribution >= 0.6 is 0 Å². The van der Waals surface area contributed by atoms with Crippen molar-refractivity contribution in [2.75, 3.05) is 13.7 Å². The smallest absolute Gasteiger partial charge is 0.118 e. The van der Waals surface area contributed by atoms with Crippen LogP contribution in [0.15, 0.2) is 24.3 Å². The van der Waals surface area contributed by atoms with Crippen LogP contribution in [0.25, 0.3) is 0 Å². The van der Waals surface area contributed by atoms with Crippen molar-refractivity contribution >= 4 is 0 Å². The lowest BCUT2D eigenvalue weighted by Crippen LogP contribution is -2.23. The van der Waals surface area contributed by atoms with E-state index in [2.05, 4.69) is 24.4 Å². The number of aliphatic hydroxyl groups excluding tert-OH is 1. The van der Waals surface area contributed by atoms with Crippen molar-refractivity contribution in [2.45, 2.75) is 38.8 Å². The standard InChI is InChI=1S/C14H23NO2/c1-4-13(16)9-10-15-11(2)12-5-7-14(17-3)8-6-12/h5-8,11,13,15-16H,4,9-10H2,1-3H3. The van der Waals surface area contributed by atoms with Gasteiger partial charge in [-0.15, -0.1) is 0 Å². The fourth-order valence-corrected chi connectivity index (χ4v) is 1.68. The molecule has 0 bridgehead atoms. The summed E-state index contributed by atoms with van der Waals surface area (Å²) in [7, 11) is 1.67. The van der Waals surface area contributed by atoms with Gasteiger partial charge in [-0.3, -0.25) is 0 Å². The molecular weight excluding hydrogens is 214 g/mol. The predicted molar refractivity (Wildman–Crippen MR) is 70.3 cm³/mol. The number of benzene rings is 1. The largest absolute Gasteiger partial charge is 0.497 e. The summed E-state index contributed by atoms with van der Waals surface area (Å²) < 4.78 is 5.12. The number of methoxy groups -OCH3 is 1. The molecule has 96 valence electrons. The van der Waals surface area contributed by atoms with Crippen LogP contribution in [0.2, 0.25) is 0 Å². The highest BCUT2D eigenvalue weighted by Gasteiger charge is 2.06. The van der Waals surface area contributed by atoms with Crippen molar-refractivity contribution < 1.29 is 9.84 Å². The average Bonchev–Trinajstić information content (AvgIpc) is 2.38. The Hall–Kier alpha value is -1.06. The number of aliphatic hydroxyl groups is 1. The third kappa shape index (κ3) is 4.75. The van der Waals surface area contributed by atoms with Crippen molar-refractivity contribution in [1.29, 1.82) is 0 Å². The van der Waals surface area contributed by atoms with Gasteiger partial charge in [0, 0.05) is 6.04 Å². The summed E-state index contributed by atoms with van der Waals surface area (Å²) in [6.45, 7) is 4.96. The van der Waals surface area contributed by atoms with Crippen LogP contribution in [-0.2, 0) is 0 Å². The molecule has 0 heterocycles. The van der Waals surface area contributed by atoms with E-state index < -0.39 is 0 Å². The number of rotatable bonds is 7. The lowest BCUT2D eigenvalue weighted by Gasteiger charge is -2.16. The molecule has 2 atom stereocenters. The van der Waals surface area contributed by atoms with E-state index in [1.807, 2.05) is 19.1 Å². The van der Waals surface area contributed by atoms with E-state index in [0.717, 1.165) is 25.1 Å². The number of ether oxygens (including phenoxy) is 1. The van der Waals surface area contributed by atoms with Gasteiger partial charge in [-0.25, -0.2) is 0 Å². The molecule has 3 heteroatoms. The second-order valence-electron chi connectivity index (χ2n) is 4.30. The van der Waals surface area contributed by atoms with Crippen LogP contribution in [0.4, 0.5) is 0 Å². The van der Waals surface area contributed by atoms with Gasteiger partial charge < -0.3 is 15.2 Å². The molecule has 1 aromatic rings. The summed E-state index contributed by atoms with van der Waals surface area (Å²) in [4.78, 5) is 0. The first kappa shape index (κ1) is 14.0. The predicted octanol–water partition coefficient (Wildman–Crippen LogP) is 2.51. The zero-order valence-electron chi connectivity index (χ0n) is 10.9. The number of hydrogen-bond donors (Lipinski definition) is 2. The maximum atomic E-state index is 9.45. The van der Waals surface area contributed by atoms with Gasteiger partial charge >= 0.3 is 0 Å². The van der Waals surface area contributed by atoms with E-state index in [0.29, 0.717) is 6.04 Å². The highest BCUT2D eigenvalue weighted by Crippen LogP contribution is 2.17. The molecule has 0 saturated heterocycles. The van der Waals surface area contributed by atoms with E-state index in [1.165, 1.54) is 5.56 Å². The monoisotopic (exact) mass is 237 g/mol. The molecule has 1 rings (SSSR count). The summed E-state index contributed by atoms with van der Waals surface area (Å²) in [5.41, 5.74) is 1.23. The number of hydrogen-bond acceptors (Lipinski definition) is 3. The molecular formula is C14H23NO2. The Balaban J connectivity index is 2.38. The summed E-state index contributed by atoms with van der Waals surface area (Å²) in [6, 6.07) is 8.35. The first-order valence-electron chi connectivity index (χ1n) is 6.22. The highest BCUT2D eigenvalue weighted by atomic mass is 16.5. The van der Waals surface area contributed by atoms with E-state index in [4.69, 9.17) is 4.74 Å². The van der Waals surface area contributed by atoms with Gasteiger partial charge in [0.2, 0.25) is 0 Å². The second kappa shape index (κ2) is 7.30. The van der Waals surface area contributed by atoms with Crippen LogP contribution in [0.3, 0.4) is 0 Å². The van der Waals surface area contributed by atoms with E-state index in [-0.39, 0.29) is 6.10 Å². The fraction of sp³-hybridized carbons (Fsp3) is 0.571. The van der Waals surface area contributed by atoms with E-state index >= 15 is 0 Å². The van der Waals surface area contributed by atoms with Crippen molar-refractivity contribution in [3.63, 3.8) is 0 Å². The van der Waals surface area contributed by atoms with Gasteiger partial charge in [-0.2, -0.15) is 0 Å². The normalized spacial score (nSPS) is 14.4. The van der Waals surface area contributed by atoms with Crippen LogP contribution in [0.5, 0.6) is 5.75 Å². The van der Waals surface area contributed by atoms with E-state index in [9.17, 15) is 5.11 Å². The Morgan fingerprint density at radius 1 is 1.29 bits per heavy atom. The van der Waals surface area contributed by atoms with Crippen molar-refractivity contribution in [3.8, 4) is 5.75 Å². The third-order valence-electron chi connectivity index (χ3n) is 3.02. The summed E-state index contributed by atoms with van der Waals surface area (Å²) >= 11 is 0. The Morgan fingerprint density at radius 3 is 2.47 bits per heavy atom. The number of nitrogens with one attached hydrogen (secondary N) is 1. The van der Waals surface area contributed by atoms with Crippen LogP contribution in [-0.4, -0.2) is 24.9 Å². The molecule has 0 aliphatic heterocycles. The fourth-order valence-electron chi connectivity index (χ4n) is 1.68. The molecule has 0 saturated carbocycles. The summed E-state index contributed by atoms with van der Waals surface area (Å²) in [5.74, 6) is 0.877. The van der Waals surface area contributed by atoms with Gasteiger partial charge in [0.05, 0.1) is 13.2 Å². The Labute approximate surface area is 104 Å². The zero-order valence-corrected chi connectivity index (χ0v) is 10.9. The quantitative estimate of drug-likeness (QED) is 0.765. The molecule has 0 aliphatic carbocycles. The summed E-state index contributed by atoms with van der Waals surface area (Å²) in [5, 5.41) is 12.9. The Morgan fingerprint density at radius 2 is 1.94 bits per heavy atom. The SMILES string of the molecule is CCC(O)CCNC(C)c1ccc(OC)cc1. The van der Waals surface area contributed by atoms with Crippen LogP contribution < -0.4 is 10.1 Å². The molecule has 0 aromatic heterocycles. The molecule has 0 aliphatic rings. The minimum absolute atomic E-state index is 0.189. The van der Waals surface area contributed by atoms with Gasteiger partial charge in [0.25, 0.3) is 0 Å². The molecule has 1 aromatic carbocycles. The molecule has 2 N–H and O–H groups in total. The van der Waals surface area contributed by atoms with E-state index in [1.54, 1.807) is 7.11 Å². The second-order valence-corrected chi connectivity index (χ2v) is 4.30. The summed E-state index contributed by atoms with van der Waals surface area (Å²) in [6.07, 6.45) is 1.43. The first-order valence-corrected chi connectivity index (χ1v) is 6.22. The van der Waals surface area contributed by atoms with Crippen molar-refractivity contribution in [3.05, 3.63) is 29.8 Å². The molecule has 0 amide bonds. The first-order chi connectivity index (χ1) is 8.17. The molecule has 0 spiro atoms. The minimum Gasteiger partial charge on any atom is -0.497 e. The minimum atomic E-state index is -0.189. The van der Waals surface area contributed by atoms with Crippen molar-refractivity contribution in [2.24, 2.45) is 0 Å². The van der Waals surface area contributed by atoms with Gasteiger partial charge in [0.1, 0.15) is 5.75 Å². The van der Waals surface area contributed by atoms with Crippen LogP contribution in [0.1, 0.15) is 38.3 Å². The molecule has 3 nitrogen and oxygen atoms in total. The highest BCUT2D eigenvalue weighted by molar-refractivity contribution is 5.28. The Kier molecular flexibility index (Phi) is 6.01. The maximum Gasteiger partial charge on any atom is 0.118 e. The maximum absolute atomic E-state index is 9.45. The van der Waals surface area contributed by atoms with Crippen molar-refractivity contribution in [1.82, 2.24) is 5.32 Å². The lowest BCUT2D eigenvalue weighted by atomic mass is 10.1. The molecule has 2 unspecified atom stereocenters. The molecule has 0 fully saturated rings. The van der Waals surface area contributed by atoms with Gasteiger partial charge in [-0.1, -0.05) is 19.1 Å². The average molecular weight is 237 g/mol. The van der Waals surface area contributed by atoms with Gasteiger partial charge in [0.15, 0.2) is 0 Å². The topological polar surface area (TPSA) is 41.5 Å². The lowest BCUT2D eigenvalue weighted by molar-refractivity contribution is 0.159.